The SMILES string of the molecule is C/C=C(/CC)C(=O)Cn1cc(-c2ccc3c(c2)N(C(=O)OC(C)C)C[C@H](C)N3C(C)=O)cc1C. The van der Waals surface area contributed by atoms with Crippen molar-refractivity contribution in [2.24, 2.45) is 0 Å². The molecule has 2 aromatic rings. The number of allylic oxidation sites excluding steroid dienone is 2. The van der Waals surface area contributed by atoms with Crippen molar-refractivity contribution in [3.63, 3.8) is 0 Å². The van der Waals surface area contributed by atoms with E-state index >= 15 is 0 Å². The molecule has 0 saturated heterocycles. The van der Waals surface area contributed by atoms with E-state index < -0.39 is 6.09 Å². The number of Topliss-reactive ketones (excluding diaryl/α,β-unsaturated/α-hetero) is 1. The first-order valence-corrected chi connectivity index (χ1v) is 11.8. The lowest BCUT2D eigenvalue weighted by molar-refractivity contribution is -0.117. The van der Waals surface area contributed by atoms with Gasteiger partial charge in [0.2, 0.25) is 5.91 Å². The molecule has 1 aromatic heterocycles. The van der Waals surface area contributed by atoms with Crippen molar-refractivity contribution >= 4 is 29.2 Å². The zero-order valence-electron chi connectivity index (χ0n) is 21.2. The van der Waals surface area contributed by atoms with Crippen LogP contribution in [-0.2, 0) is 20.9 Å². The van der Waals surface area contributed by atoms with Crippen LogP contribution in [0.3, 0.4) is 0 Å². The second kappa shape index (κ2) is 10.3. The molecule has 182 valence electrons. The minimum atomic E-state index is -0.429. The van der Waals surface area contributed by atoms with Crippen molar-refractivity contribution in [2.75, 3.05) is 16.3 Å². The summed E-state index contributed by atoms with van der Waals surface area (Å²) in [5.74, 6) is 0.0315. The number of nitrogens with zero attached hydrogens (tertiary/aromatic N) is 3. The lowest BCUT2D eigenvalue weighted by Crippen LogP contribution is -2.51. The fourth-order valence-corrected chi connectivity index (χ4v) is 4.48. The molecule has 1 aliphatic rings. The van der Waals surface area contributed by atoms with Gasteiger partial charge in [-0.2, -0.15) is 0 Å². The van der Waals surface area contributed by atoms with Crippen molar-refractivity contribution in [3.05, 3.63) is 47.8 Å². The Morgan fingerprint density at radius 1 is 1.15 bits per heavy atom. The molecule has 0 radical (unpaired) electrons. The minimum Gasteiger partial charge on any atom is -0.446 e. The molecule has 0 unspecified atom stereocenters. The summed E-state index contributed by atoms with van der Waals surface area (Å²) in [6.45, 7) is 13.6. The molecule has 0 spiro atoms. The van der Waals surface area contributed by atoms with E-state index in [0.717, 1.165) is 22.4 Å². The van der Waals surface area contributed by atoms with E-state index in [1.165, 1.54) is 6.92 Å². The molecular formula is C27H35N3O4. The summed E-state index contributed by atoms with van der Waals surface area (Å²) in [5.41, 5.74) is 4.96. The Kier molecular flexibility index (Phi) is 7.64. The first kappa shape index (κ1) is 25.3. The molecule has 1 aliphatic heterocycles. The molecule has 7 heteroatoms. The number of hydrogen-bond acceptors (Lipinski definition) is 4. The second-order valence-corrected chi connectivity index (χ2v) is 9.07. The van der Waals surface area contributed by atoms with Crippen LogP contribution in [0, 0.1) is 6.92 Å². The molecule has 1 aromatic carbocycles. The highest BCUT2D eigenvalue weighted by Gasteiger charge is 2.35. The number of anilines is 2. The first-order valence-electron chi connectivity index (χ1n) is 11.8. The molecule has 0 saturated carbocycles. The topological polar surface area (TPSA) is 71.9 Å². The summed E-state index contributed by atoms with van der Waals surface area (Å²) >= 11 is 0. The summed E-state index contributed by atoms with van der Waals surface area (Å²) in [5, 5.41) is 0. The van der Waals surface area contributed by atoms with Gasteiger partial charge >= 0.3 is 6.09 Å². The largest absolute Gasteiger partial charge is 0.446 e. The summed E-state index contributed by atoms with van der Waals surface area (Å²) in [7, 11) is 0. The molecule has 2 amide bonds. The van der Waals surface area contributed by atoms with E-state index in [0.29, 0.717) is 24.3 Å². The van der Waals surface area contributed by atoms with Crippen LogP contribution in [0.25, 0.3) is 11.1 Å². The fourth-order valence-electron chi connectivity index (χ4n) is 4.48. The molecular weight excluding hydrogens is 430 g/mol. The molecule has 0 bridgehead atoms. The van der Waals surface area contributed by atoms with Gasteiger partial charge in [-0.15, -0.1) is 0 Å². The normalized spacial score (nSPS) is 16.0. The standard InChI is InChI=1S/C27H35N3O4/c1-8-21(9-2)26(32)16-28-15-23(12-18(28)5)22-10-11-24-25(13-22)29(27(33)34-17(3)4)14-19(6)30(24)20(7)31/h8,10-13,15,17,19H,9,14,16H2,1-7H3/b21-8-/t19-/m0/s1. The van der Waals surface area contributed by atoms with Gasteiger partial charge < -0.3 is 14.2 Å². The number of amides is 2. The molecule has 0 aliphatic carbocycles. The molecule has 0 N–H and O–H groups in total. The predicted octanol–water partition coefficient (Wildman–Crippen LogP) is 5.50. The van der Waals surface area contributed by atoms with Crippen LogP contribution < -0.4 is 9.80 Å². The molecule has 34 heavy (non-hydrogen) atoms. The molecule has 3 rings (SSSR count). The van der Waals surface area contributed by atoms with Crippen LogP contribution in [0.1, 0.15) is 53.7 Å². The highest BCUT2D eigenvalue weighted by Crippen LogP contribution is 2.39. The van der Waals surface area contributed by atoms with E-state index in [2.05, 4.69) is 0 Å². The first-order chi connectivity index (χ1) is 16.1. The van der Waals surface area contributed by atoms with Gasteiger partial charge in [0.1, 0.15) is 0 Å². The van der Waals surface area contributed by atoms with Gasteiger partial charge in [-0.05, 0) is 75.9 Å². The van der Waals surface area contributed by atoms with Crippen LogP contribution >= 0.6 is 0 Å². The Labute approximate surface area is 202 Å². The lowest BCUT2D eigenvalue weighted by atomic mass is 10.0. The Hall–Kier alpha value is -3.35. The Morgan fingerprint density at radius 3 is 2.44 bits per heavy atom. The van der Waals surface area contributed by atoms with Crippen LogP contribution in [0.5, 0.6) is 0 Å². The number of aryl methyl sites for hydroxylation is 1. The zero-order valence-corrected chi connectivity index (χ0v) is 21.2. The van der Waals surface area contributed by atoms with E-state index in [9.17, 15) is 14.4 Å². The number of rotatable bonds is 6. The fraction of sp³-hybridized carbons (Fsp3) is 0.444. The number of carbonyl (C=O) groups is 3. The average molecular weight is 466 g/mol. The van der Waals surface area contributed by atoms with Crippen LogP contribution in [0.4, 0.5) is 16.2 Å². The maximum Gasteiger partial charge on any atom is 0.414 e. The quantitative estimate of drug-likeness (QED) is 0.529. The average Bonchev–Trinajstić information content (AvgIpc) is 3.13. The van der Waals surface area contributed by atoms with Crippen LogP contribution in [-0.4, -0.2) is 41.0 Å². The van der Waals surface area contributed by atoms with Gasteiger partial charge in [0.15, 0.2) is 5.78 Å². The van der Waals surface area contributed by atoms with Gasteiger partial charge in [-0.25, -0.2) is 4.79 Å². The van der Waals surface area contributed by atoms with Crippen molar-refractivity contribution in [1.29, 1.82) is 0 Å². The predicted molar refractivity (Wildman–Crippen MR) is 135 cm³/mol. The minimum absolute atomic E-state index is 0.0745. The molecule has 0 fully saturated rings. The van der Waals surface area contributed by atoms with Crippen LogP contribution in [0.2, 0.25) is 0 Å². The number of ketones is 1. The Morgan fingerprint density at radius 2 is 1.85 bits per heavy atom. The van der Waals surface area contributed by atoms with Crippen molar-refractivity contribution in [3.8, 4) is 11.1 Å². The highest BCUT2D eigenvalue weighted by atomic mass is 16.6. The second-order valence-electron chi connectivity index (χ2n) is 9.07. The van der Waals surface area contributed by atoms with E-state index in [1.807, 2.05) is 82.6 Å². The maximum absolute atomic E-state index is 12.9. The third-order valence-corrected chi connectivity index (χ3v) is 6.16. The summed E-state index contributed by atoms with van der Waals surface area (Å²) in [6, 6.07) is 7.60. The number of fused-ring (bicyclic) bond motifs is 1. The van der Waals surface area contributed by atoms with Gasteiger partial charge in [-0.3, -0.25) is 14.5 Å². The van der Waals surface area contributed by atoms with Crippen molar-refractivity contribution in [2.45, 2.75) is 73.6 Å². The van der Waals surface area contributed by atoms with Crippen molar-refractivity contribution < 1.29 is 19.1 Å². The third-order valence-electron chi connectivity index (χ3n) is 6.16. The van der Waals surface area contributed by atoms with Crippen LogP contribution in [0.15, 0.2) is 42.1 Å². The van der Waals surface area contributed by atoms with E-state index in [4.69, 9.17) is 4.74 Å². The number of ether oxygens (including phenoxy) is 1. The number of benzene rings is 1. The van der Waals surface area contributed by atoms with E-state index in [1.54, 1.807) is 9.80 Å². The third kappa shape index (κ3) is 5.08. The smallest absolute Gasteiger partial charge is 0.414 e. The summed E-state index contributed by atoms with van der Waals surface area (Å²) < 4.78 is 7.43. The number of carbonyl (C=O) groups excluding carboxylic acids is 3. The van der Waals surface area contributed by atoms with Gasteiger partial charge in [0.25, 0.3) is 0 Å². The zero-order chi connectivity index (χ0) is 25.2. The molecule has 7 nitrogen and oxygen atoms in total. The van der Waals surface area contributed by atoms with Gasteiger partial charge in [-0.1, -0.05) is 19.1 Å². The highest BCUT2D eigenvalue weighted by molar-refractivity contribution is 6.03. The lowest BCUT2D eigenvalue weighted by Gasteiger charge is -2.40. The van der Waals surface area contributed by atoms with Crippen molar-refractivity contribution in [1.82, 2.24) is 4.57 Å². The monoisotopic (exact) mass is 465 g/mol. The summed E-state index contributed by atoms with van der Waals surface area (Å²) in [6.07, 6.45) is 3.86. The molecule has 1 atom stereocenters. The number of hydrogen-bond donors (Lipinski definition) is 0. The maximum atomic E-state index is 12.9. The summed E-state index contributed by atoms with van der Waals surface area (Å²) in [4.78, 5) is 41.2. The Bertz CT molecular complexity index is 1130. The van der Waals surface area contributed by atoms with Gasteiger partial charge in [0.05, 0.1) is 30.1 Å². The number of aromatic nitrogens is 1. The van der Waals surface area contributed by atoms with Gasteiger partial charge in [0, 0.05) is 25.4 Å². The Balaban J connectivity index is 2.02. The van der Waals surface area contributed by atoms with E-state index in [-0.39, 0.29) is 30.4 Å². The molecule has 2 heterocycles.